The summed E-state index contributed by atoms with van der Waals surface area (Å²) in [7, 11) is 1.68. The SMILES string of the molecule is CO[Si](C)(CCCCCCCN=C=S)OC. The molecule has 0 aliphatic rings. The van der Waals surface area contributed by atoms with Gasteiger partial charge in [0.15, 0.2) is 0 Å². The van der Waals surface area contributed by atoms with Crippen molar-refractivity contribution in [3.8, 4) is 0 Å². The third-order valence-electron chi connectivity index (χ3n) is 2.83. The molecule has 3 nitrogen and oxygen atoms in total. The van der Waals surface area contributed by atoms with E-state index in [1.807, 2.05) is 0 Å². The Labute approximate surface area is 105 Å². The molecule has 0 unspecified atom stereocenters. The van der Waals surface area contributed by atoms with Crippen molar-refractivity contribution >= 4 is 25.9 Å². The number of hydrogen-bond acceptors (Lipinski definition) is 4. The van der Waals surface area contributed by atoms with Crippen molar-refractivity contribution in [1.29, 1.82) is 0 Å². The zero-order chi connectivity index (χ0) is 12.3. The Morgan fingerprint density at radius 1 is 1.06 bits per heavy atom. The Morgan fingerprint density at radius 3 is 2.19 bits per heavy atom. The first kappa shape index (κ1) is 15.9. The van der Waals surface area contributed by atoms with Crippen LogP contribution in [0.4, 0.5) is 0 Å². The van der Waals surface area contributed by atoms with Gasteiger partial charge in [-0.3, -0.25) is 0 Å². The molecule has 0 radical (unpaired) electrons. The van der Waals surface area contributed by atoms with E-state index in [4.69, 9.17) is 8.85 Å². The lowest BCUT2D eigenvalue weighted by Crippen LogP contribution is -2.35. The van der Waals surface area contributed by atoms with Crippen LogP contribution in [0.25, 0.3) is 0 Å². The van der Waals surface area contributed by atoms with Crippen LogP contribution in [0.15, 0.2) is 4.99 Å². The molecule has 5 heteroatoms. The lowest BCUT2D eigenvalue weighted by Gasteiger charge is -2.22. The second kappa shape index (κ2) is 10.1. The maximum absolute atomic E-state index is 5.43. The van der Waals surface area contributed by atoms with Gasteiger partial charge in [-0.15, -0.1) is 0 Å². The van der Waals surface area contributed by atoms with Crippen LogP contribution in [0.2, 0.25) is 12.6 Å². The van der Waals surface area contributed by atoms with Crippen LogP contribution in [-0.4, -0.2) is 34.5 Å². The summed E-state index contributed by atoms with van der Waals surface area (Å²) in [6.45, 7) is 2.94. The molecule has 0 saturated heterocycles. The Balaban J connectivity index is 3.35. The fraction of sp³-hybridized carbons (Fsp3) is 0.909. The third kappa shape index (κ3) is 8.13. The van der Waals surface area contributed by atoms with Crippen LogP contribution in [0.5, 0.6) is 0 Å². The molecule has 0 heterocycles. The second-order valence-corrected chi connectivity index (χ2v) is 7.80. The van der Waals surface area contributed by atoms with Gasteiger partial charge in [0.05, 0.1) is 5.16 Å². The van der Waals surface area contributed by atoms with Crippen LogP contribution in [0.1, 0.15) is 32.1 Å². The van der Waals surface area contributed by atoms with Crippen LogP contribution < -0.4 is 0 Å². The van der Waals surface area contributed by atoms with Crippen molar-refractivity contribution in [2.45, 2.75) is 44.7 Å². The van der Waals surface area contributed by atoms with Gasteiger partial charge in [0, 0.05) is 20.8 Å². The van der Waals surface area contributed by atoms with Gasteiger partial charge in [-0.2, -0.15) is 0 Å². The number of thiocarbonyl (C=S) groups is 1. The molecule has 0 atom stereocenters. The highest BCUT2D eigenvalue weighted by molar-refractivity contribution is 7.78. The molecule has 0 aromatic carbocycles. The van der Waals surface area contributed by atoms with E-state index < -0.39 is 8.56 Å². The van der Waals surface area contributed by atoms with E-state index >= 15 is 0 Å². The van der Waals surface area contributed by atoms with Crippen molar-refractivity contribution in [1.82, 2.24) is 0 Å². The molecule has 0 N–H and O–H groups in total. The topological polar surface area (TPSA) is 30.8 Å². The molecule has 16 heavy (non-hydrogen) atoms. The van der Waals surface area contributed by atoms with E-state index in [0.29, 0.717) is 0 Å². The molecule has 94 valence electrons. The Morgan fingerprint density at radius 2 is 1.62 bits per heavy atom. The van der Waals surface area contributed by atoms with Crippen molar-refractivity contribution in [3.05, 3.63) is 0 Å². The smallest absolute Gasteiger partial charge is 0.334 e. The third-order valence-corrected chi connectivity index (χ3v) is 5.95. The first-order valence-electron chi connectivity index (χ1n) is 5.82. The fourth-order valence-corrected chi connectivity index (χ4v) is 3.06. The lowest BCUT2D eigenvalue weighted by atomic mass is 10.1. The molecule has 0 spiro atoms. The first-order chi connectivity index (χ1) is 7.68. The van der Waals surface area contributed by atoms with Crippen LogP contribution in [0.3, 0.4) is 0 Å². The quantitative estimate of drug-likeness (QED) is 0.261. The van der Waals surface area contributed by atoms with Crippen molar-refractivity contribution in [3.63, 3.8) is 0 Å². The summed E-state index contributed by atoms with van der Waals surface area (Å²) in [5.41, 5.74) is 0. The zero-order valence-corrected chi connectivity index (χ0v) is 12.4. The monoisotopic (exact) mass is 261 g/mol. The van der Waals surface area contributed by atoms with Crippen LogP contribution >= 0.6 is 12.2 Å². The van der Waals surface area contributed by atoms with E-state index in [-0.39, 0.29) is 0 Å². The molecule has 0 saturated carbocycles. The van der Waals surface area contributed by atoms with Gasteiger partial charge in [0.1, 0.15) is 0 Å². The fourth-order valence-electron chi connectivity index (χ4n) is 1.50. The van der Waals surface area contributed by atoms with E-state index in [0.717, 1.165) is 19.0 Å². The average molecular weight is 261 g/mol. The predicted octanol–water partition coefficient (Wildman–Crippen LogP) is 3.40. The standard InChI is InChI=1S/C11H23NO2SSi/c1-13-16(3,14-2)10-8-6-4-5-7-9-12-11-15/h4-10H2,1-3H3. The summed E-state index contributed by atoms with van der Waals surface area (Å²) in [6.07, 6.45) is 6.04. The normalized spacial score (nSPS) is 11.2. The zero-order valence-electron chi connectivity index (χ0n) is 10.6. The number of nitrogens with zero attached hydrogens (tertiary/aromatic N) is 1. The molecular formula is C11H23NO2SSi. The Bertz CT molecular complexity index is 216. The molecule has 0 aliphatic carbocycles. The second-order valence-electron chi connectivity index (χ2n) is 4.03. The summed E-state index contributed by atoms with van der Waals surface area (Å²) >= 11 is 4.50. The molecule has 0 aromatic rings. The Hall–Kier alpha value is -0.0631. The van der Waals surface area contributed by atoms with Crippen LogP contribution in [0, 0.1) is 0 Å². The maximum atomic E-state index is 5.43. The molecule has 0 rings (SSSR count). The first-order valence-corrected chi connectivity index (χ1v) is 8.75. The molecule has 0 bridgehead atoms. The van der Waals surface area contributed by atoms with Gasteiger partial charge in [0.2, 0.25) is 0 Å². The summed E-state index contributed by atoms with van der Waals surface area (Å²) in [5, 5.41) is 2.39. The van der Waals surface area contributed by atoms with Crippen molar-refractivity contribution < 1.29 is 8.85 Å². The maximum Gasteiger partial charge on any atom is 0.334 e. The summed E-state index contributed by atoms with van der Waals surface area (Å²) < 4.78 is 10.9. The molecular weight excluding hydrogens is 238 g/mol. The summed E-state index contributed by atoms with van der Waals surface area (Å²) in [4.78, 5) is 3.89. The lowest BCUT2D eigenvalue weighted by molar-refractivity contribution is 0.248. The number of unbranched alkanes of at least 4 members (excludes halogenated alkanes) is 4. The Kier molecular flexibility index (Phi) is 10.1. The van der Waals surface area contributed by atoms with E-state index in [2.05, 4.69) is 28.9 Å². The highest BCUT2D eigenvalue weighted by Crippen LogP contribution is 2.16. The molecule has 0 amide bonds. The van der Waals surface area contributed by atoms with Gasteiger partial charge >= 0.3 is 8.56 Å². The van der Waals surface area contributed by atoms with E-state index in [1.165, 1.54) is 25.7 Å². The highest BCUT2D eigenvalue weighted by Gasteiger charge is 2.27. The van der Waals surface area contributed by atoms with Gasteiger partial charge < -0.3 is 8.85 Å². The number of aliphatic imine (C=N–C) groups is 1. The van der Waals surface area contributed by atoms with Gasteiger partial charge in [-0.05, 0) is 31.2 Å². The number of rotatable bonds is 10. The van der Waals surface area contributed by atoms with Gasteiger partial charge in [-0.25, -0.2) is 4.99 Å². The van der Waals surface area contributed by atoms with Crippen molar-refractivity contribution in [2.24, 2.45) is 4.99 Å². The van der Waals surface area contributed by atoms with E-state index in [1.54, 1.807) is 14.2 Å². The largest absolute Gasteiger partial charge is 0.398 e. The van der Waals surface area contributed by atoms with E-state index in [9.17, 15) is 0 Å². The minimum absolute atomic E-state index is 0.826. The molecule has 0 aliphatic heterocycles. The average Bonchev–Trinajstić information content (AvgIpc) is 2.32. The summed E-state index contributed by atoms with van der Waals surface area (Å²) in [5.74, 6) is 0. The highest BCUT2D eigenvalue weighted by atomic mass is 32.1. The number of isothiocyanates is 1. The van der Waals surface area contributed by atoms with Crippen LogP contribution in [-0.2, 0) is 8.85 Å². The molecule has 0 aromatic heterocycles. The minimum atomic E-state index is -1.82. The van der Waals surface area contributed by atoms with Gasteiger partial charge in [-0.1, -0.05) is 25.7 Å². The number of hydrogen-bond donors (Lipinski definition) is 0. The van der Waals surface area contributed by atoms with Gasteiger partial charge in [0.25, 0.3) is 0 Å². The summed E-state index contributed by atoms with van der Waals surface area (Å²) in [6, 6.07) is 1.08. The van der Waals surface area contributed by atoms with Crippen molar-refractivity contribution in [2.75, 3.05) is 20.8 Å². The predicted molar refractivity (Wildman–Crippen MR) is 73.4 cm³/mol. The minimum Gasteiger partial charge on any atom is -0.398 e. The molecule has 0 fully saturated rings.